The van der Waals surface area contributed by atoms with Crippen molar-refractivity contribution < 1.29 is 13.9 Å². The van der Waals surface area contributed by atoms with Crippen molar-refractivity contribution in [1.29, 1.82) is 0 Å². The maximum absolute atomic E-state index is 6.43. The van der Waals surface area contributed by atoms with Crippen LogP contribution in [0.4, 0.5) is 0 Å². The Bertz CT molecular complexity index is 480. The third-order valence-corrected chi connectivity index (χ3v) is 9.15. The topological polar surface area (TPSA) is 27.7 Å². The van der Waals surface area contributed by atoms with Crippen LogP contribution in [0.3, 0.4) is 0 Å². The molecular formula is C20H36O3Si. The van der Waals surface area contributed by atoms with Gasteiger partial charge in [-0.1, -0.05) is 52.8 Å². The van der Waals surface area contributed by atoms with Gasteiger partial charge in [-0.25, -0.2) is 0 Å². The van der Waals surface area contributed by atoms with Gasteiger partial charge in [0.15, 0.2) is 8.32 Å². The Morgan fingerprint density at radius 1 is 1.00 bits per heavy atom. The summed E-state index contributed by atoms with van der Waals surface area (Å²) in [6.45, 7) is 17.6. The molecule has 0 saturated heterocycles. The van der Waals surface area contributed by atoms with Crippen molar-refractivity contribution >= 4 is 8.32 Å². The van der Waals surface area contributed by atoms with Crippen LogP contribution in [0, 0.1) is 0 Å². The predicted octanol–water partition coefficient (Wildman–Crippen LogP) is 5.96. The number of ether oxygens (including phenoxy) is 2. The molecule has 24 heavy (non-hydrogen) atoms. The van der Waals surface area contributed by atoms with E-state index in [1.165, 1.54) is 0 Å². The summed E-state index contributed by atoms with van der Waals surface area (Å²) in [6, 6.07) is 8.18. The van der Waals surface area contributed by atoms with E-state index < -0.39 is 8.32 Å². The van der Waals surface area contributed by atoms with E-state index in [0.29, 0.717) is 6.61 Å². The second-order valence-electron chi connectivity index (χ2n) is 7.82. The lowest BCUT2D eigenvalue weighted by molar-refractivity contribution is 0.0139. The van der Waals surface area contributed by atoms with E-state index in [4.69, 9.17) is 13.9 Å². The van der Waals surface area contributed by atoms with Gasteiger partial charge in [0.25, 0.3) is 0 Å². The molecule has 1 aromatic carbocycles. The van der Waals surface area contributed by atoms with Crippen LogP contribution in [0.15, 0.2) is 24.3 Å². The number of hydrogen-bond acceptors (Lipinski definition) is 3. The van der Waals surface area contributed by atoms with Crippen molar-refractivity contribution in [3.8, 4) is 5.75 Å². The van der Waals surface area contributed by atoms with E-state index in [-0.39, 0.29) is 11.1 Å². The number of rotatable bonds is 10. The Kier molecular flexibility index (Phi) is 8.47. The van der Waals surface area contributed by atoms with Crippen LogP contribution in [0.2, 0.25) is 18.1 Å². The molecular weight excluding hydrogens is 316 g/mol. The van der Waals surface area contributed by atoms with Gasteiger partial charge in [-0.2, -0.15) is 0 Å². The van der Waals surface area contributed by atoms with Crippen molar-refractivity contribution in [2.45, 2.75) is 71.7 Å². The first-order chi connectivity index (χ1) is 11.2. The predicted molar refractivity (Wildman–Crippen MR) is 104 cm³/mol. The van der Waals surface area contributed by atoms with Crippen molar-refractivity contribution in [1.82, 2.24) is 0 Å². The molecule has 1 rings (SSSR count). The van der Waals surface area contributed by atoms with Gasteiger partial charge in [-0.3, -0.25) is 0 Å². The first-order valence-electron chi connectivity index (χ1n) is 9.20. The largest absolute Gasteiger partial charge is 0.493 e. The van der Waals surface area contributed by atoms with E-state index in [1.54, 1.807) is 0 Å². The minimum absolute atomic E-state index is 0.0767. The van der Waals surface area contributed by atoms with Gasteiger partial charge in [-0.15, -0.1) is 0 Å². The molecule has 0 aliphatic rings. The highest BCUT2D eigenvalue weighted by atomic mass is 28.4. The molecule has 3 nitrogen and oxygen atoms in total. The first kappa shape index (κ1) is 21.2. The molecule has 138 valence electrons. The lowest BCUT2D eigenvalue weighted by Crippen LogP contribution is -2.42. The molecule has 0 aliphatic heterocycles. The summed E-state index contributed by atoms with van der Waals surface area (Å²) in [5.74, 6) is 0.916. The quantitative estimate of drug-likeness (QED) is 0.486. The summed E-state index contributed by atoms with van der Waals surface area (Å²) in [7, 11) is -1.80. The maximum atomic E-state index is 6.43. The summed E-state index contributed by atoms with van der Waals surface area (Å²) in [4.78, 5) is 0. The van der Waals surface area contributed by atoms with Gasteiger partial charge in [0.2, 0.25) is 0 Å². The molecule has 0 fully saturated rings. The SMILES string of the molecule is CCCOc1ccccc1[C@@H](CO[Si](C)(C)C(C)(C)C)OCCC. The van der Waals surface area contributed by atoms with Gasteiger partial charge in [0.1, 0.15) is 11.9 Å². The lowest BCUT2D eigenvalue weighted by atomic mass is 10.1. The monoisotopic (exact) mass is 352 g/mol. The third-order valence-electron chi connectivity index (χ3n) is 4.65. The maximum Gasteiger partial charge on any atom is 0.192 e. The highest BCUT2D eigenvalue weighted by molar-refractivity contribution is 6.74. The molecule has 0 saturated carbocycles. The van der Waals surface area contributed by atoms with Crippen LogP contribution in [0.25, 0.3) is 0 Å². The average molecular weight is 353 g/mol. The molecule has 0 spiro atoms. The Labute approximate surface area is 149 Å². The van der Waals surface area contributed by atoms with Crippen LogP contribution in [0.1, 0.15) is 59.1 Å². The Morgan fingerprint density at radius 2 is 1.62 bits per heavy atom. The fourth-order valence-corrected chi connectivity index (χ4v) is 3.08. The molecule has 4 heteroatoms. The molecule has 0 bridgehead atoms. The summed E-state index contributed by atoms with van der Waals surface area (Å²) < 4.78 is 18.5. The summed E-state index contributed by atoms with van der Waals surface area (Å²) in [6.07, 6.45) is 1.91. The van der Waals surface area contributed by atoms with Crippen LogP contribution >= 0.6 is 0 Å². The van der Waals surface area contributed by atoms with Gasteiger partial charge in [0.05, 0.1) is 13.2 Å². The molecule has 0 aromatic heterocycles. The highest BCUT2D eigenvalue weighted by Crippen LogP contribution is 2.38. The third kappa shape index (κ3) is 6.23. The molecule has 0 aliphatic carbocycles. The van der Waals surface area contributed by atoms with E-state index in [2.05, 4.69) is 53.8 Å². The fraction of sp³-hybridized carbons (Fsp3) is 0.700. The van der Waals surface area contributed by atoms with E-state index in [1.807, 2.05) is 18.2 Å². The fourth-order valence-electron chi connectivity index (χ4n) is 2.08. The van der Waals surface area contributed by atoms with Gasteiger partial charge >= 0.3 is 0 Å². The molecule has 0 N–H and O–H groups in total. The Hall–Kier alpha value is -0.843. The van der Waals surface area contributed by atoms with Crippen LogP contribution in [-0.2, 0) is 9.16 Å². The second-order valence-corrected chi connectivity index (χ2v) is 12.6. The van der Waals surface area contributed by atoms with Gasteiger partial charge in [0, 0.05) is 12.2 Å². The lowest BCUT2D eigenvalue weighted by Gasteiger charge is -2.37. The molecule has 0 heterocycles. The minimum Gasteiger partial charge on any atom is -0.493 e. The minimum atomic E-state index is -1.80. The van der Waals surface area contributed by atoms with Crippen LogP contribution in [0.5, 0.6) is 5.75 Å². The van der Waals surface area contributed by atoms with Gasteiger partial charge in [-0.05, 0) is 37.0 Å². The van der Waals surface area contributed by atoms with Crippen LogP contribution in [-0.4, -0.2) is 28.1 Å². The summed E-state index contributed by atoms with van der Waals surface area (Å²) >= 11 is 0. The normalized spacial score (nSPS) is 13.8. The number of para-hydroxylation sites is 1. The van der Waals surface area contributed by atoms with Crippen LogP contribution < -0.4 is 4.74 Å². The second kappa shape index (κ2) is 9.59. The zero-order valence-corrected chi connectivity index (χ0v) is 17.6. The molecule has 0 amide bonds. The molecule has 0 radical (unpaired) electrons. The van der Waals surface area contributed by atoms with Crippen molar-refractivity contribution in [2.24, 2.45) is 0 Å². The molecule has 1 aromatic rings. The number of hydrogen-bond donors (Lipinski definition) is 0. The van der Waals surface area contributed by atoms with Crippen molar-refractivity contribution in [3.63, 3.8) is 0 Å². The Balaban J connectivity index is 2.93. The smallest absolute Gasteiger partial charge is 0.192 e. The number of benzene rings is 1. The summed E-state index contributed by atoms with van der Waals surface area (Å²) in [5, 5.41) is 0.195. The average Bonchev–Trinajstić information content (AvgIpc) is 2.52. The van der Waals surface area contributed by atoms with Gasteiger partial charge < -0.3 is 13.9 Å². The van der Waals surface area contributed by atoms with Crippen molar-refractivity contribution in [2.75, 3.05) is 19.8 Å². The molecule has 0 unspecified atom stereocenters. The summed E-state index contributed by atoms with van der Waals surface area (Å²) in [5.41, 5.74) is 1.10. The molecule has 1 atom stereocenters. The highest BCUT2D eigenvalue weighted by Gasteiger charge is 2.38. The first-order valence-corrected chi connectivity index (χ1v) is 12.1. The van der Waals surface area contributed by atoms with Crippen molar-refractivity contribution in [3.05, 3.63) is 29.8 Å². The Morgan fingerprint density at radius 3 is 2.21 bits per heavy atom. The zero-order chi connectivity index (χ0) is 18.2. The van der Waals surface area contributed by atoms with E-state index >= 15 is 0 Å². The zero-order valence-electron chi connectivity index (χ0n) is 16.6. The standard InChI is InChI=1S/C20H36O3Si/c1-8-14-21-18-13-11-10-12-17(18)19(22-15-9-2)16-23-24(6,7)20(3,4)5/h10-13,19H,8-9,14-16H2,1-7H3/t19-/m1/s1. The van der Waals surface area contributed by atoms with E-state index in [0.717, 1.165) is 37.4 Å². The van der Waals surface area contributed by atoms with E-state index in [9.17, 15) is 0 Å².